The van der Waals surface area contributed by atoms with Gasteiger partial charge in [-0.1, -0.05) is 6.07 Å². The second-order valence-corrected chi connectivity index (χ2v) is 5.83. The number of benzene rings is 2. The molecule has 4 rings (SSSR count). The van der Waals surface area contributed by atoms with Crippen LogP contribution in [0.5, 0.6) is 5.75 Å². The van der Waals surface area contributed by atoms with E-state index in [-0.39, 0.29) is 22.7 Å². The van der Waals surface area contributed by atoms with Gasteiger partial charge < -0.3 is 10.5 Å². The van der Waals surface area contributed by atoms with Gasteiger partial charge in [-0.3, -0.25) is 14.9 Å². The van der Waals surface area contributed by atoms with Crippen LogP contribution in [0.25, 0.3) is 21.9 Å². The number of carbonyl (C=O) groups is 1. The summed E-state index contributed by atoms with van der Waals surface area (Å²) in [7, 11) is 1.57. The molecule has 0 atom stereocenters. The molecule has 9 nitrogen and oxygen atoms in total. The van der Waals surface area contributed by atoms with Crippen molar-refractivity contribution in [2.75, 3.05) is 12.8 Å². The lowest BCUT2D eigenvalue weighted by molar-refractivity contribution is -0.384. The third-order valence-electron chi connectivity index (χ3n) is 4.18. The number of nitro groups is 1. The Hall–Kier alpha value is -4.01. The number of hydrogen-bond donors (Lipinski definition) is 1. The highest BCUT2D eigenvalue weighted by molar-refractivity contribution is 6.05. The van der Waals surface area contributed by atoms with Crippen LogP contribution in [0.3, 0.4) is 0 Å². The summed E-state index contributed by atoms with van der Waals surface area (Å²) in [6, 6.07) is 12.5. The van der Waals surface area contributed by atoms with E-state index in [1.54, 1.807) is 31.4 Å². The van der Waals surface area contributed by atoms with Gasteiger partial charge in [-0.05, 0) is 30.3 Å². The first-order valence-corrected chi connectivity index (χ1v) is 7.90. The van der Waals surface area contributed by atoms with Crippen LogP contribution in [0.2, 0.25) is 0 Å². The molecule has 0 saturated carbocycles. The van der Waals surface area contributed by atoms with Gasteiger partial charge in [-0.15, -0.1) is 5.10 Å². The average Bonchev–Trinajstić information content (AvgIpc) is 3.01. The minimum Gasteiger partial charge on any atom is -0.497 e. The zero-order valence-corrected chi connectivity index (χ0v) is 14.1. The lowest BCUT2D eigenvalue weighted by Crippen LogP contribution is -2.14. The fraction of sp³-hybridized carbons (Fsp3) is 0.0556. The maximum Gasteiger partial charge on any atom is 0.280 e. The van der Waals surface area contributed by atoms with Crippen LogP contribution in [0, 0.1) is 10.1 Å². The molecule has 0 aliphatic carbocycles. The molecular formula is C18H13N5O4. The number of nitrogens with two attached hydrogens (primary N) is 1. The number of pyridine rings is 1. The minimum atomic E-state index is -0.564. The number of hydrogen-bond acceptors (Lipinski definition) is 7. The Labute approximate surface area is 152 Å². The third-order valence-corrected chi connectivity index (χ3v) is 4.18. The molecule has 2 N–H and O–H groups in total. The summed E-state index contributed by atoms with van der Waals surface area (Å²) >= 11 is 0. The Morgan fingerprint density at radius 3 is 2.78 bits per heavy atom. The lowest BCUT2D eigenvalue weighted by atomic mass is 10.1. The summed E-state index contributed by atoms with van der Waals surface area (Å²) in [4.78, 5) is 27.7. The maximum absolute atomic E-state index is 12.8. The van der Waals surface area contributed by atoms with Crippen LogP contribution < -0.4 is 10.5 Å². The molecule has 0 unspecified atom stereocenters. The number of rotatable bonds is 3. The molecule has 4 aromatic rings. The predicted octanol–water partition coefficient (Wildman–Crippen LogP) is 2.77. The molecule has 0 bridgehead atoms. The first-order valence-electron chi connectivity index (χ1n) is 7.90. The van der Waals surface area contributed by atoms with Crippen molar-refractivity contribution in [1.82, 2.24) is 14.8 Å². The Morgan fingerprint density at radius 1 is 1.22 bits per heavy atom. The normalized spacial score (nSPS) is 11.0. The molecule has 2 heterocycles. The number of methoxy groups -OCH3 is 1. The van der Waals surface area contributed by atoms with Gasteiger partial charge in [0.05, 0.1) is 22.9 Å². The number of nitrogens with zero attached hydrogens (tertiary/aromatic N) is 4. The van der Waals surface area contributed by atoms with E-state index < -0.39 is 10.8 Å². The van der Waals surface area contributed by atoms with Crippen molar-refractivity contribution in [2.24, 2.45) is 0 Å². The molecule has 0 aliphatic heterocycles. The van der Waals surface area contributed by atoms with Crippen LogP contribution in [-0.2, 0) is 0 Å². The Morgan fingerprint density at radius 2 is 2.04 bits per heavy atom. The van der Waals surface area contributed by atoms with Crippen molar-refractivity contribution in [1.29, 1.82) is 0 Å². The van der Waals surface area contributed by atoms with E-state index in [1.807, 2.05) is 0 Å². The molecule has 0 fully saturated rings. The van der Waals surface area contributed by atoms with Crippen LogP contribution in [0.4, 0.5) is 11.5 Å². The fourth-order valence-corrected chi connectivity index (χ4v) is 2.85. The molecule has 0 radical (unpaired) electrons. The van der Waals surface area contributed by atoms with Gasteiger partial charge in [-0.2, -0.15) is 4.68 Å². The summed E-state index contributed by atoms with van der Waals surface area (Å²) in [5, 5.41) is 16.3. The van der Waals surface area contributed by atoms with Gasteiger partial charge in [0, 0.05) is 23.1 Å². The standard InChI is InChI=1S/C18H13N5O4/c1-27-13-5-6-15-11(8-13)9-14-16(19)21-22(17(14)20-15)18(24)10-3-2-4-12(7-10)23(25)26/h2-9H,1H3,(H2,19,21). The monoisotopic (exact) mass is 363 g/mol. The number of aromatic nitrogens is 3. The van der Waals surface area contributed by atoms with Crippen LogP contribution >= 0.6 is 0 Å². The van der Waals surface area contributed by atoms with Crippen LogP contribution in [0.15, 0.2) is 48.5 Å². The summed E-state index contributed by atoms with van der Waals surface area (Å²) in [5.41, 5.74) is 6.82. The summed E-state index contributed by atoms with van der Waals surface area (Å²) in [6.07, 6.45) is 0. The minimum absolute atomic E-state index is 0.116. The molecule has 2 aromatic heterocycles. The zero-order chi connectivity index (χ0) is 19.1. The molecule has 0 saturated heterocycles. The summed E-state index contributed by atoms with van der Waals surface area (Å²) in [5.74, 6) is 0.254. The lowest BCUT2D eigenvalue weighted by Gasteiger charge is -2.04. The highest BCUT2D eigenvalue weighted by atomic mass is 16.6. The van der Waals surface area contributed by atoms with Crippen LogP contribution in [0.1, 0.15) is 10.4 Å². The molecule has 134 valence electrons. The Bertz CT molecular complexity index is 1230. The number of nitrogen functional groups attached to an aromatic ring is 1. The second-order valence-electron chi connectivity index (χ2n) is 5.83. The highest BCUT2D eigenvalue weighted by Crippen LogP contribution is 2.27. The Kier molecular flexibility index (Phi) is 3.69. The van der Waals surface area contributed by atoms with E-state index in [0.717, 1.165) is 10.1 Å². The SMILES string of the molecule is COc1ccc2nc3c(cc2c1)c(N)nn3C(=O)c1cccc([N+](=O)[O-])c1. The maximum atomic E-state index is 12.8. The number of non-ortho nitro benzene ring substituents is 1. The molecule has 0 spiro atoms. The number of fused-ring (bicyclic) bond motifs is 2. The largest absolute Gasteiger partial charge is 0.497 e. The zero-order valence-electron chi connectivity index (χ0n) is 14.1. The average molecular weight is 363 g/mol. The molecule has 27 heavy (non-hydrogen) atoms. The molecule has 9 heteroatoms. The van der Waals surface area contributed by atoms with E-state index in [9.17, 15) is 14.9 Å². The number of nitro benzene ring substituents is 1. The van der Waals surface area contributed by atoms with Gasteiger partial charge in [0.25, 0.3) is 11.6 Å². The topological polar surface area (TPSA) is 126 Å². The number of carbonyl (C=O) groups excluding carboxylic acids is 1. The highest BCUT2D eigenvalue weighted by Gasteiger charge is 2.20. The molecular weight excluding hydrogens is 350 g/mol. The molecule has 0 amide bonds. The van der Waals surface area contributed by atoms with E-state index >= 15 is 0 Å². The van der Waals surface area contributed by atoms with Crippen molar-refractivity contribution in [3.05, 3.63) is 64.2 Å². The van der Waals surface area contributed by atoms with Crippen molar-refractivity contribution in [2.45, 2.75) is 0 Å². The predicted molar refractivity (Wildman–Crippen MR) is 98.8 cm³/mol. The fourth-order valence-electron chi connectivity index (χ4n) is 2.85. The van der Waals surface area contributed by atoms with E-state index in [0.29, 0.717) is 16.7 Å². The summed E-state index contributed by atoms with van der Waals surface area (Å²) in [6.45, 7) is 0. The van der Waals surface area contributed by atoms with Crippen molar-refractivity contribution in [3.8, 4) is 5.75 Å². The van der Waals surface area contributed by atoms with Gasteiger partial charge in [0.2, 0.25) is 0 Å². The Balaban J connectivity index is 1.89. The molecule has 2 aromatic carbocycles. The second kappa shape index (κ2) is 6.06. The molecule has 0 aliphatic rings. The van der Waals surface area contributed by atoms with E-state index in [2.05, 4.69) is 10.1 Å². The first-order chi connectivity index (χ1) is 13.0. The van der Waals surface area contributed by atoms with E-state index in [4.69, 9.17) is 10.5 Å². The smallest absolute Gasteiger partial charge is 0.280 e. The quantitative estimate of drug-likeness (QED) is 0.438. The van der Waals surface area contributed by atoms with Gasteiger partial charge in [0.15, 0.2) is 11.5 Å². The van der Waals surface area contributed by atoms with Gasteiger partial charge >= 0.3 is 0 Å². The third kappa shape index (κ3) is 2.71. The summed E-state index contributed by atoms with van der Waals surface area (Å²) < 4.78 is 6.27. The van der Waals surface area contributed by atoms with Crippen LogP contribution in [-0.4, -0.2) is 32.7 Å². The van der Waals surface area contributed by atoms with Gasteiger partial charge in [-0.25, -0.2) is 4.98 Å². The number of anilines is 1. The van der Waals surface area contributed by atoms with Crippen molar-refractivity contribution < 1.29 is 14.5 Å². The van der Waals surface area contributed by atoms with Crippen molar-refractivity contribution >= 4 is 39.3 Å². The van der Waals surface area contributed by atoms with Gasteiger partial charge in [0.1, 0.15) is 5.75 Å². The first kappa shape index (κ1) is 16.5. The van der Waals surface area contributed by atoms with E-state index in [1.165, 1.54) is 24.3 Å². The number of ether oxygens (including phenoxy) is 1. The van der Waals surface area contributed by atoms with Crippen molar-refractivity contribution in [3.63, 3.8) is 0 Å².